The Bertz CT molecular complexity index is 391. The van der Waals surface area contributed by atoms with E-state index in [4.69, 9.17) is 0 Å². The molecule has 3 rings (SSSR count). The number of nitrogens with one attached hydrogen (secondary N) is 1. The van der Waals surface area contributed by atoms with Crippen molar-refractivity contribution in [3.63, 3.8) is 0 Å². The number of piperazine rings is 1. The van der Waals surface area contributed by atoms with Crippen LogP contribution in [0.25, 0.3) is 0 Å². The molecule has 2 aliphatic rings. The number of benzene rings is 1. The molecular formula is C16H23FN2. The lowest BCUT2D eigenvalue weighted by Gasteiger charge is -2.41. The van der Waals surface area contributed by atoms with Gasteiger partial charge in [0.1, 0.15) is 0 Å². The van der Waals surface area contributed by atoms with Crippen LogP contribution in [0.3, 0.4) is 0 Å². The normalized spacial score (nSPS) is 28.5. The van der Waals surface area contributed by atoms with E-state index in [1.54, 1.807) is 0 Å². The van der Waals surface area contributed by atoms with Gasteiger partial charge >= 0.3 is 0 Å². The molecule has 1 N–H and O–H groups in total. The van der Waals surface area contributed by atoms with E-state index in [0.29, 0.717) is 18.5 Å². The van der Waals surface area contributed by atoms with Crippen LogP contribution in [-0.2, 0) is 0 Å². The molecule has 1 aromatic rings. The van der Waals surface area contributed by atoms with Crippen molar-refractivity contribution >= 4 is 0 Å². The molecule has 104 valence electrons. The lowest BCUT2D eigenvalue weighted by Crippen LogP contribution is -2.53. The molecular weight excluding hydrogens is 239 g/mol. The van der Waals surface area contributed by atoms with Crippen LogP contribution in [0.4, 0.5) is 4.39 Å². The molecule has 0 amide bonds. The first-order valence-corrected chi connectivity index (χ1v) is 7.47. The molecule has 3 heteroatoms. The van der Waals surface area contributed by atoms with Gasteiger partial charge in [-0.1, -0.05) is 30.3 Å². The number of hydrogen-bond acceptors (Lipinski definition) is 2. The lowest BCUT2D eigenvalue weighted by atomic mass is 9.99. The van der Waals surface area contributed by atoms with Gasteiger partial charge < -0.3 is 5.32 Å². The summed E-state index contributed by atoms with van der Waals surface area (Å²) in [7, 11) is 0. The van der Waals surface area contributed by atoms with Crippen molar-refractivity contribution in [2.24, 2.45) is 5.92 Å². The third kappa shape index (κ3) is 3.15. The summed E-state index contributed by atoms with van der Waals surface area (Å²) in [6.45, 7) is 2.74. The minimum atomic E-state index is -0.209. The van der Waals surface area contributed by atoms with Crippen molar-refractivity contribution in [3.8, 4) is 0 Å². The molecule has 0 radical (unpaired) electrons. The Balaban J connectivity index is 1.70. The van der Waals surface area contributed by atoms with E-state index in [1.807, 2.05) is 0 Å². The highest BCUT2D eigenvalue weighted by atomic mass is 19.1. The molecule has 1 saturated heterocycles. The van der Waals surface area contributed by atoms with Crippen LogP contribution in [0.5, 0.6) is 0 Å². The van der Waals surface area contributed by atoms with E-state index in [9.17, 15) is 4.39 Å². The first-order valence-electron chi connectivity index (χ1n) is 7.47. The van der Waals surface area contributed by atoms with Gasteiger partial charge in [-0.15, -0.1) is 0 Å². The van der Waals surface area contributed by atoms with Crippen LogP contribution in [0, 0.1) is 5.92 Å². The predicted molar refractivity (Wildman–Crippen MR) is 75.9 cm³/mol. The zero-order valence-electron chi connectivity index (χ0n) is 11.4. The van der Waals surface area contributed by atoms with E-state index in [2.05, 4.69) is 40.5 Å². The molecule has 1 heterocycles. The zero-order chi connectivity index (χ0) is 13.1. The molecule has 0 aromatic heterocycles. The van der Waals surface area contributed by atoms with Gasteiger partial charge in [0, 0.05) is 31.7 Å². The maximum atomic E-state index is 12.5. The van der Waals surface area contributed by atoms with Gasteiger partial charge in [-0.3, -0.25) is 9.29 Å². The number of nitrogens with zero attached hydrogens (tertiary/aromatic N) is 1. The van der Waals surface area contributed by atoms with Gasteiger partial charge in [0.15, 0.2) is 0 Å². The summed E-state index contributed by atoms with van der Waals surface area (Å²) in [5, 5.41) is 3.70. The highest BCUT2D eigenvalue weighted by Gasteiger charge is 2.37. The summed E-state index contributed by atoms with van der Waals surface area (Å²) in [5.74, 6) is 0.865. The van der Waals surface area contributed by atoms with Gasteiger partial charge in [0.25, 0.3) is 0 Å². The summed E-state index contributed by atoms with van der Waals surface area (Å²) in [4.78, 5) is 2.48. The molecule has 19 heavy (non-hydrogen) atoms. The first kappa shape index (κ1) is 13.1. The first-order chi connectivity index (χ1) is 9.38. The second kappa shape index (κ2) is 6.02. The van der Waals surface area contributed by atoms with E-state index >= 15 is 0 Å². The van der Waals surface area contributed by atoms with Crippen LogP contribution >= 0.6 is 0 Å². The van der Waals surface area contributed by atoms with Crippen LogP contribution in [-0.4, -0.2) is 37.3 Å². The van der Waals surface area contributed by atoms with Gasteiger partial charge in [0.05, 0.1) is 6.67 Å². The molecule has 2 nitrogen and oxygen atoms in total. The predicted octanol–water partition coefficient (Wildman–Crippen LogP) is 2.77. The van der Waals surface area contributed by atoms with Crippen LogP contribution in [0.2, 0.25) is 0 Å². The SMILES string of the molecule is FCCCN1CC(C2CC2)NCC1c1ccccc1. The Morgan fingerprint density at radius 1 is 1.21 bits per heavy atom. The summed E-state index contributed by atoms with van der Waals surface area (Å²) >= 11 is 0. The molecule has 2 unspecified atom stereocenters. The second-order valence-electron chi connectivity index (χ2n) is 5.82. The molecule has 2 atom stereocenters. The van der Waals surface area contributed by atoms with Gasteiger partial charge in [0.2, 0.25) is 0 Å². The van der Waals surface area contributed by atoms with Crippen molar-refractivity contribution in [3.05, 3.63) is 35.9 Å². The fourth-order valence-corrected chi connectivity index (χ4v) is 3.16. The molecule has 1 saturated carbocycles. The summed E-state index contributed by atoms with van der Waals surface area (Å²) in [6, 6.07) is 11.6. The summed E-state index contributed by atoms with van der Waals surface area (Å²) < 4.78 is 12.5. The monoisotopic (exact) mass is 262 g/mol. The average molecular weight is 262 g/mol. The smallest absolute Gasteiger partial charge is 0.0906 e. The van der Waals surface area contributed by atoms with Crippen LogP contribution in [0.15, 0.2) is 30.3 Å². The third-order valence-electron chi connectivity index (χ3n) is 4.40. The van der Waals surface area contributed by atoms with Crippen molar-refractivity contribution < 1.29 is 4.39 Å². The average Bonchev–Trinajstić information content (AvgIpc) is 3.30. The van der Waals surface area contributed by atoms with Crippen molar-refractivity contribution in [1.82, 2.24) is 10.2 Å². The maximum absolute atomic E-state index is 12.5. The molecule has 0 spiro atoms. The van der Waals surface area contributed by atoms with Crippen molar-refractivity contribution in [1.29, 1.82) is 0 Å². The second-order valence-corrected chi connectivity index (χ2v) is 5.82. The Labute approximate surface area is 115 Å². The maximum Gasteiger partial charge on any atom is 0.0906 e. The Hall–Kier alpha value is -0.930. The fourth-order valence-electron chi connectivity index (χ4n) is 3.16. The summed E-state index contributed by atoms with van der Waals surface area (Å²) in [5.41, 5.74) is 1.35. The van der Waals surface area contributed by atoms with Gasteiger partial charge in [-0.25, -0.2) is 0 Å². The Kier molecular flexibility index (Phi) is 4.14. The Morgan fingerprint density at radius 3 is 2.68 bits per heavy atom. The molecule has 2 fully saturated rings. The minimum absolute atomic E-state index is 0.209. The van der Waals surface area contributed by atoms with Gasteiger partial charge in [-0.2, -0.15) is 0 Å². The highest BCUT2D eigenvalue weighted by Crippen LogP contribution is 2.36. The zero-order valence-corrected chi connectivity index (χ0v) is 11.4. The summed E-state index contributed by atoms with van der Waals surface area (Å²) in [6.07, 6.45) is 3.38. The number of alkyl halides is 1. The minimum Gasteiger partial charge on any atom is -0.311 e. The molecule has 0 bridgehead atoms. The van der Waals surface area contributed by atoms with E-state index in [0.717, 1.165) is 25.6 Å². The van der Waals surface area contributed by atoms with Crippen LogP contribution in [0.1, 0.15) is 30.9 Å². The lowest BCUT2D eigenvalue weighted by molar-refractivity contribution is 0.118. The highest BCUT2D eigenvalue weighted by molar-refractivity contribution is 5.20. The largest absolute Gasteiger partial charge is 0.311 e. The third-order valence-corrected chi connectivity index (χ3v) is 4.40. The molecule has 1 aliphatic heterocycles. The van der Waals surface area contributed by atoms with Gasteiger partial charge in [-0.05, 0) is 30.7 Å². The topological polar surface area (TPSA) is 15.3 Å². The molecule has 1 aliphatic carbocycles. The Morgan fingerprint density at radius 2 is 2.00 bits per heavy atom. The van der Waals surface area contributed by atoms with Crippen molar-refractivity contribution in [2.45, 2.75) is 31.3 Å². The quantitative estimate of drug-likeness (QED) is 0.878. The number of rotatable bonds is 5. The number of hydrogen-bond donors (Lipinski definition) is 1. The molecule has 1 aromatic carbocycles. The van der Waals surface area contributed by atoms with E-state index < -0.39 is 0 Å². The van der Waals surface area contributed by atoms with E-state index in [1.165, 1.54) is 18.4 Å². The standard InChI is InChI=1S/C16H23FN2/c17-9-4-10-19-12-15(13-7-8-13)18-11-16(19)14-5-2-1-3-6-14/h1-3,5-6,13,15-16,18H,4,7-12H2. The van der Waals surface area contributed by atoms with E-state index in [-0.39, 0.29) is 6.67 Å². The number of halogens is 1. The van der Waals surface area contributed by atoms with Crippen LogP contribution < -0.4 is 5.32 Å². The van der Waals surface area contributed by atoms with Crippen molar-refractivity contribution in [2.75, 3.05) is 26.3 Å². The fraction of sp³-hybridized carbons (Fsp3) is 0.625.